The van der Waals surface area contributed by atoms with Crippen molar-refractivity contribution in [2.24, 2.45) is 0 Å². The van der Waals surface area contributed by atoms with Gasteiger partial charge in [-0.15, -0.1) is 0 Å². The van der Waals surface area contributed by atoms with Gasteiger partial charge in [-0.1, -0.05) is 36.4 Å². The first-order valence-corrected chi connectivity index (χ1v) is 8.83. The van der Waals surface area contributed by atoms with Crippen LogP contribution in [0.15, 0.2) is 78.0 Å². The number of aromatic nitrogens is 2. The summed E-state index contributed by atoms with van der Waals surface area (Å²) in [5, 5.41) is 6.60. The van der Waals surface area contributed by atoms with Crippen molar-refractivity contribution in [2.75, 3.05) is 0 Å². The van der Waals surface area contributed by atoms with Gasteiger partial charge >= 0.3 is 0 Å². The molecule has 0 aliphatic heterocycles. The quantitative estimate of drug-likeness (QED) is 0.609. The largest absolute Gasteiger partial charge is 0.348 e. The van der Waals surface area contributed by atoms with Crippen LogP contribution in [0.2, 0.25) is 0 Å². The van der Waals surface area contributed by atoms with E-state index in [0.29, 0.717) is 5.39 Å². The highest BCUT2D eigenvalue weighted by atomic mass is 16.2. The molecule has 2 aromatic heterocycles. The molecule has 1 atom stereocenters. The van der Waals surface area contributed by atoms with Gasteiger partial charge in [0.25, 0.3) is 5.56 Å². The van der Waals surface area contributed by atoms with Crippen molar-refractivity contribution >= 4 is 27.5 Å². The molecule has 0 aliphatic rings. The van der Waals surface area contributed by atoms with E-state index >= 15 is 0 Å². The lowest BCUT2D eigenvalue weighted by molar-refractivity contribution is -0.122. The van der Waals surface area contributed by atoms with Crippen LogP contribution in [-0.2, 0) is 11.3 Å². The molecule has 1 N–H and O–H groups in total. The summed E-state index contributed by atoms with van der Waals surface area (Å²) >= 11 is 0. The molecule has 2 heterocycles. The number of nitrogens with one attached hydrogen (secondary N) is 1. The molecule has 0 saturated carbocycles. The first-order chi connectivity index (χ1) is 13.1. The summed E-state index contributed by atoms with van der Waals surface area (Å²) in [5.74, 6) is -0.203. The van der Waals surface area contributed by atoms with E-state index in [2.05, 4.69) is 34.6 Å². The molecule has 5 heteroatoms. The molecule has 2 aromatic carbocycles. The van der Waals surface area contributed by atoms with Crippen LogP contribution < -0.4 is 10.9 Å². The number of hydrogen-bond acceptors (Lipinski definition) is 3. The average molecular weight is 357 g/mol. The first kappa shape index (κ1) is 17.0. The van der Waals surface area contributed by atoms with E-state index in [1.54, 1.807) is 30.7 Å². The Hall–Kier alpha value is -3.47. The van der Waals surface area contributed by atoms with E-state index in [-0.39, 0.29) is 24.1 Å². The third-order valence-electron chi connectivity index (χ3n) is 4.74. The predicted octanol–water partition coefficient (Wildman–Crippen LogP) is 3.43. The number of fused-ring (bicyclic) bond motifs is 2. The molecule has 27 heavy (non-hydrogen) atoms. The molecule has 0 radical (unpaired) electrons. The van der Waals surface area contributed by atoms with Crippen molar-refractivity contribution < 1.29 is 4.79 Å². The second-order valence-electron chi connectivity index (χ2n) is 6.61. The zero-order chi connectivity index (χ0) is 18.8. The molecule has 0 fully saturated rings. The topological polar surface area (TPSA) is 64.0 Å². The van der Waals surface area contributed by atoms with Gasteiger partial charge in [0.2, 0.25) is 5.91 Å². The maximum atomic E-state index is 12.5. The lowest BCUT2D eigenvalue weighted by Crippen LogP contribution is -2.33. The number of carbonyl (C=O) groups is 1. The van der Waals surface area contributed by atoms with Gasteiger partial charge in [0, 0.05) is 24.0 Å². The molecule has 0 spiro atoms. The molecule has 0 saturated heterocycles. The van der Waals surface area contributed by atoms with Crippen LogP contribution in [0.1, 0.15) is 18.5 Å². The Morgan fingerprint density at radius 1 is 1.07 bits per heavy atom. The highest BCUT2D eigenvalue weighted by Gasteiger charge is 2.12. The summed E-state index contributed by atoms with van der Waals surface area (Å²) in [5.41, 5.74) is 0.836. The van der Waals surface area contributed by atoms with Gasteiger partial charge in [-0.05, 0) is 41.5 Å². The summed E-state index contributed by atoms with van der Waals surface area (Å²) in [4.78, 5) is 29.0. The fourth-order valence-electron chi connectivity index (χ4n) is 3.25. The molecule has 0 unspecified atom stereocenters. The Morgan fingerprint density at radius 2 is 1.89 bits per heavy atom. The minimum atomic E-state index is -0.203. The summed E-state index contributed by atoms with van der Waals surface area (Å²) < 4.78 is 1.42. The summed E-state index contributed by atoms with van der Waals surface area (Å²) in [7, 11) is 0. The Labute approximate surface area is 156 Å². The minimum absolute atomic E-state index is 0.0188. The second-order valence-corrected chi connectivity index (χ2v) is 6.61. The average Bonchev–Trinajstić information content (AvgIpc) is 2.70. The molecule has 0 aliphatic carbocycles. The van der Waals surface area contributed by atoms with E-state index in [1.807, 2.05) is 25.1 Å². The van der Waals surface area contributed by atoms with Gasteiger partial charge < -0.3 is 9.88 Å². The van der Waals surface area contributed by atoms with E-state index in [1.165, 1.54) is 4.57 Å². The van der Waals surface area contributed by atoms with Gasteiger partial charge in [0.05, 0.1) is 11.4 Å². The third-order valence-corrected chi connectivity index (χ3v) is 4.74. The van der Waals surface area contributed by atoms with Crippen LogP contribution in [0, 0.1) is 0 Å². The van der Waals surface area contributed by atoms with Crippen molar-refractivity contribution in [3.05, 3.63) is 89.1 Å². The fourth-order valence-corrected chi connectivity index (χ4v) is 3.25. The molecule has 134 valence electrons. The molecular formula is C22H19N3O2. The van der Waals surface area contributed by atoms with Crippen molar-refractivity contribution in [2.45, 2.75) is 19.5 Å². The van der Waals surface area contributed by atoms with Crippen molar-refractivity contribution in [1.29, 1.82) is 0 Å². The Bertz CT molecular complexity index is 1200. The summed E-state index contributed by atoms with van der Waals surface area (Å²) in [6.07, 6.45) is 4.85. The highest BCUT2D eigenvalue weighted by Crippen LogP contribution is 2.20. The van der Waals surface area contributed by atoms with E-state index in [9.17, 15) is 9.59 Å². The lowest BCUT2D eigenvalue weighted by atomic mass is 10.0. The maximum absolute atomic E-state index is 12.5. The van der Waals surface area contributed by atoms with Crippen LogP contribution in [-0.4, -0.2) is 15.5 Å². The fraction of sp³-hybridized carbons (Fsp3) is 0.136. The molecule has 5 nitrogen and oxygen atoms in total. The zero-order valence-electron chi connectivity index (χ0n) is 14.9. The summed E-state index contributed by atoms with van der Waals surface area (Å²) in [6.45, 7) is 1.92. The second kappa shape index (κ2) is 7.03. The number of pyridine rings is 2. The van der Waals surface area contributed by atoms with Gasteiger partial charge in [-0.2, -0.15) is 0 Å². The van der Waals surface area contributed by atoms with Crippen molar-refractivity contribution in [1.82, 2.24) is 14.9 Å². The number of nitrogens with zero attached hydrogens (tertiary/aromatic N) is 2. The van der Waals surface area contributed by atoms with Crippen molar-refractivity contribution in [3.8, 4) is 0 Å². The minimum Gasteiger partial charge on any atom is -0.348 e. The van der Waals surface area contributed by atoms with Crippen LogP contribution >= 0.6 is 0 Å². The number of carbonyl (C=O) groups excluding carboxylic acids is 1. The smallest absolute Gasteiger partial charge is 0.259 e. The van der Waals surface area contributed by atoms with Crippen LogP contribution in [0.25, 0.3) is 21.5 Å². The van der Waals surface area contributed by atoms with Gasteiger partial charge in [0.15, 0.2) is 0 Å². The highest BCUT2D eigenvalue weighted by molar-refractivity contribution is 5.84. The van der Waals surface area contributed by atoms with Crippen LogP contribution in [0.3, 0.4) is 0 Å². The number of hydrogen-bond donors (Lipinski definition) is 1. The molecule has 4 aromatic rings. The van der Waals surface area contributed by atoms with Gasteiger partial charge in [0.1, 0.15) is 6.54 Å². The zero-order valence-corrected chi connectivity index (χ0v) is 14.9. The molecule has 4 rings (SSSR count). The van der Waals surface area contributed by atoms with E-state index in [4.69, 9.17) is 0 Å². The van der Waals surface area contributed by atoms with E-state index < -0.39 is 0 Å². The lowest BCUT2D eigenvalue weighted by Gasteiger charge is -2.16. The summed E-state index contributed by atoms with van der Waals surface area (Å²) in [6, 6.07) is 17.6. The molecule has 0 bridgehead atoms. The number of amides is 1. The maximum Gasteiger partial charge on any atom is 0.259 e. The monoisotopic (exact) mass is 357 g/mol. The van der Waals surface area contributed by atoms with Crippen LogP contribution in [0.5, 0.6) is 0 Å². The van der Waals surface area contributed by atoms with Crippen molar-refractivity contribution in [3.63, 3.8) is 0 Å². The SMILES string of the molecule is C[C@H](NC(=O)Cn1ccc2cnccc2c1=O)c1ccc2ccccc2c1. The number of rotatable bonds is 4. The first-order valence-electron chi connectivity index (χ1n) is 8.83. The molecular weight excluding hydrogens is 338 g/mol. The number of benzene rings is 2. The van der Waals surface area contributed by atoms with Gasteiger partial charge in [-0.25, -0.2) is 0 Å². The Kier molecular flexibility index (Phi) is 4.42. The third kappa shape index (κ3) is 3.44. The Balaban J connectivity index is 1.51. The normalized spacial score (nSPS) is 12.2. The predicted molar refractivity (Wildman–Crippen MR) is 107 cm³/mol. The van der Waals surface area contributed by atoms with E-state index in [0.717, 1.165) is 21.7 Å². The van der Waals surface area contributed by atoms with Crippen LogP contribution in [0.4, 0.5) is 0 Å². The standard InChI is InChI=1S/C22H19N3O2/c1-15(17-7-6-16-4-2-3-5-18(16)12-17)24-21(26)14-25-11-9-19-13-23-10-8-20(19)22(25)27/h2-13,15H,14H2,1H3,(H,24,26)/t15-/m0/s1. The van der Waals surface area contributed by atoms with Gasteiger partial charge in [-0.3, -0.25) is 14.6 Å². The molecule has 1 amide bonds. The Morgan fingerprint density at radius 3 is 2.74 bits per heavy atom.